The van der Waals surface area contributed by atoms with Gasteiger partial charge in [0.25, 0.3) is 0 Å². The lowest BCUT2D eigenvalue weighted by atomic mass is 10.1. The third-order valence-electron chi connectivity index (χ3n) is 4.31. The summed E-state index contributed by atoms with van der Waals surface area (Å²) in [7, 11) is 0.762. The molecule has 2 aliphatic rings. The van der Waals surface area contributed by atoms with E-state index in [2.05, 4.69) is 17.3 Å². The smallest absolute Gasteiger partial charge is 0.217 e. The number of piperidine rings is 2. The van der Waals surface area contributed by atoms with E-state index < -0.39 is 10.0 Å². The van der Waals surface area contributed by atoms with E-state index in [0.717, 1.165) is 51.9 Å². The Morgan fingerprint density at radius 2 is 1.55 bits per heavy atom. The lowest BCUT2D eigenvalue weighted by Gasteiger charge is -2.37. The Hall–Kier alpha value is 0.410. The highest BCUT2D eigenvalue weighted by Gasteiger charge is 2.35. The summed E-state index contributed by atoms with van der Waals surface area (Å²) in [6.45, 7) is 3.64. The number of nitrogens with zero attached hydrogens (tertiary/aromatic N) is 2. The lowest BCUT2D eigenvalue weighted by Crippen LogP contribution is -2.49. The molecule has 0 bridgehead atoms. The molecule has 0 amide bonds. The van der Waals surface area contributed by atoms with Crippen LogP contribution in [0.15, 0.2) is 0 Å². The summed E-state index contributed by atoms with van der Waals surface area (Å²) in [5.41, 5.74) is 0. The Labute approximate surface area is 135 Å². The third kappa shape index (κ3) is 4.71. The first kappa shape index (κ1) is 20.4. The SMILES string of the molecule is CN1CCC(N(C)S(=O)(=O)C2CCNCC2)CC1.Cl.Cl. The number of likely N-dealkylation sites (tertiary alicyclic amines) is 1. The summed E-state index contributed by atoms with van der Waals surface area (Å²) < 4.78 is 26.8. The highest BCUT2D eigenvalue weighted by Crippen LogP contribution is 2.23. The van der Waals surface area contributed by atoms with Gasteiger partial charge in [-0.2, -0.15) is 0 Å². The van der Waals surface area contributed by atoms with Gasteiger partial charge in [0.1, 0.15) is 0 Å². The van der Waals surface area contributed by atoms with Gasteiger partial charge in [-0.05, 0) is 58.9 Å². The summed E-state index contributed by atoms with van der Waals surface area (Å²) in [4.78, 5) is 2.27. The molecule has 1 N–H and O–H groups in total. The molecule has 0 aromatic rings. The molecule has 0 radical (unpaired) electrons. The Balaban J connectivity index is 0.00000180. The number of hydrogen-bond donors (Lipinski definition) is 1. The zero-order valence-corrected chi connectivity index (χ0v) is 14.7. The number of sulfonamides is 1. The van der Waals surface area contributed by atoms with Crippen molar-refractivity contribution in [1.82, 2.24) is 14.5 Å². The Morgan fingerprint density at radius 3 is 2.05 bits per heavy atom. The van der Waals surface area contributed by atoms with E-state index in [-0.39, 0.29) is 36.1 Å². The molecule has 20 heavy (non-hydrogen) atoms. The average molecular weight is 348 g/mol. The molecular weight excluding hydrogens is 321 g/mol. The second kappa shape index (κ2) is 8.76. The Kier molecular flexibility index (Phi) is 8.94. The zero-order chi connectivity index (χ0) is 13.2. The van der Waals surface area contributed by atoms with Gasteiger partial charge in [-0.1, -0.05) is 0 Å². The van der Waals surface area contributed by atoms with Crippen molar-refractivity contribution in [2.45, 2.75) is 37.0 Å². The van der Waals surface area contributed by atoms with E-state index in [1.54, 1.807) is 11.4 Å². The van der Waals surface area contributed by atoms with E-state index in [1.807, 2.05) is 0 Å². The van der Waals surface area contributed by atoms with Crippen molar-refractivity contribution in [2.24, 2.45) is 0 Å². The molecule has 0 aromatic carbocycles. The highest BCUT2D eigenvalue weighted by molar-refractivity contribution is 7.89. The Bertz CT molecular complexity index is 367. The van der Waals surface area contributed by atoms with Crippen LogP contribution in [0.2, 0.25) is 0 Å². The Morgan fingerprint density at radius 1 is 1.05 bits per heavy atom. The van der Waals surface area contributed by atoms with Crippen molar-refractivity contribution in [1.29, 1.82) is 0 Å². The topological polar surface area (TPSA) is 52.7 Å². The van der Waals surface area contributed by atoms with Gasteiger partial charge in [-0.15, -0.1) is 24.8 Å². The maximum atomic E-state index is 12.6. The van der Waals surface area contributed by atoms with Crippen LogP contribution in [0, 0.1) is 0 Å². The summed E-state index contributed by atoms with van der Waals surface area (Å²) in [5.74, 6) is 0. The van der Waals surface area contributed by atoms with Crippen LogP contribution in [0.5, 0.6) is 0 Å². The number of rotatable bonds is 3. The number of halogens is 2. The minimum atomic E-state index is -3.10. The molecule has 2 aliphatic heterocycles. The van der Waals surface area contributed by atoms with E-state index in [1.165, 1.54) is 0 Å². The van der Waals surface area contributed by atoms with Gasteiger partial charge in [-0.3, -0.25) is 0 Å². The van der Waals surface area contributed by atoms with Gasteiger partial charge in [0.2, 0.25) is 10.0 Å². The molecule has 0 atom stereocenters. The molecular formula is C12H27Cl2N3O2S. The molecule has 0 unspecified atom stereocenters. The molecule has 0 spiro atoms. The monoisotopic (exact) mass is 347 g/mol. The predicted octanol–water partition coefficient (Wildman–Crippen LogP) is 0.938. The second-order valence-corrected chi connectivity index (χ2v) is 7.82. The molecule has 8 heteroatoms. The standard InChI is InChI=1S/C12H25N3O2S.2ClH/c1-14-9-5-11(6-10-14)15(2)18(16,17)12-3-7-13-8-4-12;;/h11-13H,3-10H2,1-2H3;2*1H. The quantitative estimate of drug-likeness (QED) is 0.825. The highest BCUT2D eigenvalue weighted by atomic mass is 35.5. The van der Waals surface area contributed by atoms with Gasteiger partial charge < -0.3 is 10.2 Å². The summed E-state index contributed by atoms with van der Waals surface area (Å²) in [6.07, 6.45) is 3.41. The number of nitrogens with one attached hydrogen (secondary N) is 1. The summed E-state index contributed by atoms with van der Waals surface area (Å²) in [6, 6.07) is 0.195. The van der Waals surface area contributed by atoms with Crippen LogP contribution in [0.3, 0.4) is 0 Å². The number of hydrogen-bond acceptors (Lipinski definition) is 4. The third-order valence-corrected chi connectivity index (χ3v) is 6.73. The van der Waals surface area contributed by atoms with Crippen molar-refractivity contribution < 1.29 is 8.42 Å². The molecule has 122 valence electrons. The zero-order valence-electron chi connectivity index (χ0n) is 12.2. The van der Waals surface area contributed by atoms with E-state index >= 15 is 0 Å². The van der Waals surface area contributed by atoms with Gasteiger partial charge in [0, 0.05) is 13.1 Å². The summed E-state index contributed by atoms with van der Waals surface area (Å²) in [5, 5.41) is 3.04. The average Bonchev–Trinajstić information content (AvgIpc) is 2.40. The second-order valence-electron chi connectivity index (χ2n) is 5.54. The van der Waals surface area contributed by atoms with E-state index in [9.17, 15) is 8.42 Å². The predicted molar refractivity (Wildman–Crippen MR) is 87.6 cm³/mol. The normalized spacial score (nSPS) is 23.1. The molecule has 0 saturated carbocycles. The molecule has 2 saturated heterocycles. The van der Waals surface area contributed by atoms with Crippen LogP contribution in [0.1, 0.15) is 25.7 Å². The van der Waals surface area contributed by atoms with Gasteiger partial charge in [0.05, 0.1) is 5.25 Å². The van der Waals surface area contributed by atoms with Crippen molar-refractivity contribution >= 4 is 34.8 Å². The van der Waals surface area contributed by atoms with Crippen LogP contribution in [-0.4, -0.2) is 69.2 Å². The summed E-state index contributed by atoms with van der Waals surface area (Å²) >= 11 is 0. The fourth-order valence-corrected chi connectivity index (χ4v) is 4.82. The van der Waals surface area contributed by atoms with Crippen molar-refractivity contribution in [3.63, 3.8) is 0 Å². The molecule has 2 rings (SSSR count). The minimum Gasteiger partial charge on any atom is -0.317 e. The fraction of sp³-hybridized carbons (Fsp3) is 1.00. The van der Waals surface area contributed by atoms with Gasteiger partial charge in [0.15, 0.2) is 0 Å². The molecule has 0 aromatic heterocycles. The molecule has 2 heterocycles. The van der Waals surface area contributed by atoms with Crippen molar-refractivity contribution in [3.05, 3.63) is 0 Å². The van der Waals surface area contributed by atoms with Crippen LogP contribution in [0.4, 0.5) is 0 Å². The van der Waals surface area contributed by atoms with E-state index in [4.69, 9.17) is 0 Å². The van der Waals surface area contributed by atoms with Crippen LogP contribution < -0.4 is 5.32 Å². The molecule has 2 fully saturated rings. The van der Waals surface area contributed by atoms with Crippen molar-refractivity contribution in [3.8, 4) is 0 Å². The largest absolute Gasteiger partial charge is 0.317 e. The molecule has 0 aliphatic carbocycles. The lowest BCUT2D eigenvalue weighted by molar-refractivity contribution is 0.196. The van der Waals surface area contributed by atoms with Gasteiger partial charge in [-0.25, -0.2) is 12.7 Å². The first-order valence-electron chi connectivity index (χ1n) is 6.88. The van der Waals surface area contributed by atoms with Crippen LogP contribution >= 0.6 is 24.8 Å². The fourth-order valence-electron chi connectivity index (χ4n) is 2.89. The van der Waals surface area contributed by atoms with Crippen LogP contribution in [-0.2, 0) is 10.0 Å². The van der Waals surface area contributed by atoms with Crippen molar-refractivity contribution in [2.75, 3.05) is 40.3 Å². The first-order chi connectivity index (χ1) is 8.51. The minimum absolute atomic E-state index is 0. The van der Waals surface area contributed by atoms with Gasteiger partial charge >= 0.3 is 0 Å². The first-order valence-corrected chi connectivity index (χ1v) is 8.38. The van der Waals surface area contributed by atoms with E-state index in [0.29, 0.717) is 0 Å². The maximum absolute atomic E-state index is 12.6. The molecule has 5 nitrogen and oxygen atoms in total. The van der Waals surface area contributed by atoms with Crippen LogP contribution in [0.25, 0.3) is 0 Å². The maximum Gasteiger partial charge on any atom is 0.217 e.